The first kappa shape index (κ1) is 24.9. The second-order valence-corrected chi connectivity index (χ2v) is 11.3. The Balaban J connectivity index is 0.00000576. The molecule has 0 aromatic rings. The topological polar surface area (TPSA) is 99.1 Å². The Bertz CT molecular complexity index is 662. The Hall–Kier alpha value is -0.140. The molecule has 25 heavy (non-hydrogen) atoms. The molecule has 0 amide bonds. The zero-order chi connectivity index (χ0) is 18.6. The van der Waals surface area contributed by atoms with E-state index in [1.807, 2.05) is 11.8 Å². The number of nitrogens with one attached hydrogen (secondary N) is 1. The standard InChI is InChI=1S/C14H30N4O4S2.HI/c1-6-18(23(5,19)20)9-7-8-16-13(15-4)17-10-11-24(21,22)14(2,3)12-17;/h6-12H2,1-5H3,(H,15,16);1H. The van der Waals surface area contributed by atoms with Gasteiger partial charge in [-0.05, 0) is 20.3 Å². The van der Waals surface area contributed by atoms with E-state index in [-0.39, 0.29) is 29.7 Å². The smallest absolute Gasteiger partial charge is 0.211 e. The first-order chi connectivity index (χ1) is 10.9. The number of nitrogens with zero attached hydrogens (tertiary/aromatic N) is 3. The van der Waals surface area contributed by atoms with Crippen molar-refractivity contribution in [2.45, 2.75) is 31.9 Å². The lowest BCUT2D eigenvalue weighted by Gasteiger charge is -2.39. The van der Waals surface area contributed by atoms with Crippen LogP contribution in [-0.4, -0.2) is 88.5 Å². The third-order valence-corrected chi connectivity index (χ3v) is 8.16. The van der Waals surface area contributed by atoms with Crippen molar-refractivity contribution in [1.82, 2.24) is 14.5 Å². The lowest BCUT2D eigenvalue weighted by Crippen LogP contribution is -2.57. The van der Waals surface area contributed by atoms with Crippen molar-refractivity contribution in [1.29, 1.82) is 0 Å². The molecule has 0 aromatic carbocycles. The minimum absolute atomic E-state index is 0. The van der Waals surface area contributed by atoms with Gasteiger partial charge in [-0.3, -0.25) is 4.99 Å². The van der Waals surface area contributed by atoms with Crippen LogP contribution in [0.1, 0.15) is 27.2 Å². The van der Waals surface area contributed by atoms with Crippen LogP contribution in [0.4, 0.5) is 0 Å². The van der Waals surface area contributed by atoms with Crippen LogP contribution in [0.3, 0.4) is 0 Å². The van der Waals surface area contributed by atoms with E-state index in [1.54, 1.807) is 20.9 Å². The highest BCUT2D eigenvalue weighted by Crippen LogP contribution is 2.23. The molecule has 0 unspecified atom stereocenters. The Morgan fingerprint density at radius 1 is 1.36 bits per heavy atom. The number of sulfonamides is 1. The minimum Gasteiger partial charge on any atom is -0.356 e. The molecule has 1 aliphatic rings. The lowest BCUT2D eigenvalue weighted by atomic mass is 10.2. The minimum atomic E-state index is -3.17. The zero-order valence-electron chi connectivity index (χ0n) is 15.6. The maximum absolute atomic E-state index is 12.1. The highest BCUT2D eigenvalue weighted by Gasteiger charge is 2.40. The van der Waals surface area contributed by atoms with Crippen molar-refractivity contribution >= 4 is 49.8 Å². The fourth-order valence-electron chi connectivity index (χ4n) is 2.67. The lowest BCUT2D eigenvalue weighted by molar-refractivity contribution is 0.352. The van der Waals surface area contributed by atoms with Gasteiger partial charge in [-0.1, -0.05) is 6.92 Å². The maximum atomic E-state index is 12.1. The van der Waals surface area contributed by atoms with Crippen LogP contribution in [0.2, 0.25) is 0 Å². The van der Waals surface area contributed by atoms with Crippen molar-refractivity contribution in [2.24, 2.45) is 4.99 Å². The predicted molar refractivity (Wildman–Crippen MR) is 113 cm³/mol. The molecule has 0 aromatic heterocycles. The third-order valence-electron chi connectivity index (χ3n) is 4.24. The van der Waals surface area contributed by atoms with E-state index < -0.39 is 24.6 Å². The molecular weight excluding hydrogens is 479 g/mol. The molecule has 0 atom stereocenters. The Kier molecular flexibility index (Phi) is 9.64. The fraction of sp³-hybridized carbons (Fsp3) is 0.929. The number of hydrogen-bond acceptors (Lipinski definition) is 5. The van der Waals surface area contributed by atoms with E-state index in [0.717, 1.165) is 0 Å². The summed E-state index contributed by atoms with van der Waals surface area (Å²) in [5.74, 6) is 0.763. The summed E-state index contributed by atoms with van der Waals surface area (Å²) in [6, 6.07) is 0. The van der Waals surface area contributed by atoms with Gasteiger partial charge in [-0.15, -0.1) is 24.0 Å². The molecule has 1 aliphatic heterocycles. The summed E-state index contributed by atoms with van der Waals surface area (Å²) in [4.78, 5) is 6.16. The van der Waals surface area contributed by atoms with Gasteiger partial charge in [0.05, 0.1) is 16.8 Å². The van der Waals surface area contributed by atoms with Crippen molar-refractivity contribution in [2.75, 3.05) is 51.8 Å². The monoisotopic (exact) mass is 510 g/mol. The van der Waals surface area contributed by atoms with Gasteiger partial charge < -0.3 is 10.2 Å². The van der Waals surface area contributed by atoms with Gasteiger partial charge in [-0.25, -0.2) is 21.1 Å². The predicted octanol–water partition coefficient (Wildman–Crippen LogP) is 0.360. The first-order valence-corrected chi connectivity index (χ1v) is 11.6. The Morgan fingerprint density at radius 3 is 2.40 bits per heavy atom. The maximum Gasteiger partial charge on any atom is 0.211 e. The SMILES string of the molecule is CCN(CCCNC(=NC)N1CCS(=O)(=O)C(C)(C)C1)S(C)(=O)=O.I. The molecule has 0 radical (unpaired) electrons. The highest BCUT2D eigenvalue weighted by atomic mass is 127. The molecule has 1 rings (SSSR count). The van der Waals surface area contributed by atoms with Crippen LogP contribution >= 0.6 is 24.0 Å². The van der Waals surface area contributed by atoms with Crippen LogP contribution in [0.5, 0.6) is 0 Å². The molecular formula is C14H31IN4O4S2. The molecule has 0 spiro atoms. The second kappa shape index (κ2) is 9.70. The average Bonchev–Trinajstić information content (AvgIpc) is 2.45. The second-order valence-electron chi connectivity index (χ2n) is 6.58. The summed E-state index contributed by atoms with van der Waals surface area (Å²) < 4.78 is 47.8. The molecule has 8 nitrogen and oxygen atoms in total. The summed E-state index contributed by atoms with van der Waals surface area (Å²) in [5, 5.41) is 3.19. The quantitative estimate of drug-likeness (QED) is 0.240. The normalized spacial score (nSPS) is 20.2. The Labute approximate surface area is 169 Å². The van der Waals surface area contributed by atoms with Gasteiger partial charge in [-0.2, -0.15) is 0 Å². The van der Waals surface area contributed by atoms with Gasteiger partial charge in [0.15, 0.2) is 15.8 Å². The van der Waals surface area contributed by atoms with Crippen molar-refractivity contribution in [3.05, 3.63) is 0 Å². The highest BCUT2D eigenvalue weighted by molar-refractivity contribution is 14.0. The zero-order valence-corrected chi connectivity index (χ0v) is 19.6. The molecule has 1 N–H and O–H groups in total. The summed E-state index contributed by atoms with van der Waals surface area (Å²) >= 11 is 0. The third kappa shape index (κ3) is 6.83. The summed E-state index contributed by atoms with van der Waals surface area (Å²) in [5.41, 5.74) is 0. The van der Waals surface area contributed by atoms with Gasteiger partial charge in [0.2, 0.25) is 10.0 Å². The summed E-state index contributed by atoms with van der Waals surface area (Å²) in [6.07, 6.45) is 1.86. The van der Waals surface area contributed by atoms with Crippen molar-refractivity contribution in [3.63, 3.8) is 0 Å². The Morgan fingerprint density at radius 2 is 1.96 bits per heavy atom. The van der Waals surface area contributed by atoms with Crippen LogP contribution in [0.15, 0.2) is 4.99 Å². The van der Waals surface area contributed by atoms with Gasteiger partial charge in [0.1, 0.15) is 0 Å². The van der Waals surface area contributed by atoms with E-state index in [4.69, 9.17) is 0 Å². The summed E-state index contributed by atoms with van der Waals surface area (Å²) in [7, 11) is -4.60. The van der Waals surface area contributed by atoms with Crippen LogP contribution < -0.4 is 5.32 Å². The van der Waals surface area contributed by atoms with Gasteiger partial charge >= 0.3 is 0 Å². The fourth-order valence-corrected chi connectivity index (χ4v) is 4.97. The van der Waals surface area contributed by atoms with E-state index in [1.165, 1.54) is 10.6 Å². The molecule has 1 fully saturated rings. The molecule has 0 bridgehead atoms. The van der Waals surface area contributed by atoms with E-state index in [0.29, 0.717) is 45.1 Å². The first-order valence-electron chi connectivity index (χ1n) is 8.07. The largest absolute Gasteiger partial charge is 0.356 e. The number of aliphatic imine (C=N–C) groups is 1. The molecule has 150 valence electrons. The number of guanidine groups is 1. The average molecular weight is 510 g/mol. The number of halogens is 1. The molecule has 1 saturated heterocycles. The van der Waals surface area contributed by atoms with E-state index >= 15 is 0 Å². The van der Waals surface area contributed by atoms with Crippen molar-refractivity contribution in [3.8, 4) is 0 Å². The number of hydrogen-bond donors (Lipinski definition) is 1. The van der Waals surface area contributed by atoms with E-state index in [9.17, 15) is 16.8 Å². The number of sulfone groups is 1. The summed E-state index contributed by atoms with van der Waals surface area (Å²) in [6.45, 7) is 7.53. The molecule has 0 saturated carbocycles. The molecule has 0 aliphatic carbocycles. The van der Waals surface area contributed by atoms with Gasteiger partial charge in [0.25, 0.3) is 0 Å². The van der Waals surface area contributed by atoms with E-state index in [2.05, 4.69) is 10.3 Å². The van der Waals surface area contributed by atoms with Crippen LogP contribution in [-0.2, 0) is 19.9 Å². The number of rotatable bonds is 6. The van der Waals surface area contributed by atoms with Crippen LogP contribution in [0.25, 0.3) is 0 Å². The molecule has 1 heterocycles. The molecule has 11 heteroatoms. The van der Waals surface area contributed by atoms with Crippen LogP contribution in [0, 0.1) is 0 Å². The van der Waals surface area contributed by atoms with Gasteiger partial charge in [0, 0.05) is 39.8 Å². The van der Waals surface area contributed by atoms with Crippen molar-refractivity contribution < 1.29 is 16.8 Å².